The van der Waals surface area contributed by atoms with E-state index in [2.05, 4.69) is 31.3 Å². The van der Waals surface area contributed by atoms with Crippen LogP contribution < -0.4 is 10.1 Å². The molecule has 0 aliphatic rings. The second-order valence-corrected chi connectivity index (χ2v) is 5.72. The van der Waals surface area contributed by atoms with Crippen molar-refractivity contribution in [2.75, 3.05) is 12.4 Å². The fourth-order valence-electron chi connectivity index (χ4n) is 2.79. The Labute approximate surface area is 149 Å². The number of aryl methyl sites for hydroxylation is 1. The number of rotatable bonds is 4. The summed E-state index contributed by atoms with van der Waals surface area (Å²) in [6, 6.07) is 9.99. The summed E-state index contributed by atoms with van der Waals surface area (Å²) < 4.78 is 19.8. The predicted octanol–water partition coefficient (Wildman–Crippen LogP) is 4.02. The number of pyridine rings is 3. The molecule has 4 aromatic rings. The summed E-state index contributed by atoms with van der Waals surface area (Å²) in [5, 5.41) is 3.77. The van der Waals surface area contributed by atoms with Gasteiger partial charge in [0.2, 0.25) is 11.8 Å². The second-order valence-electron chi connectivity index (χ2n) is 5.72. The van der Waals surface area contributed by atoms with E-state index in [1.807, 2.05) is 6.92 Å². The Bertz CT molecular complexity index is 1080. The first kappa shape index (κ1) is 16.0. The lowest BCUT2D eigenvalue weighted by molar-refractivity contribution is 0.398. The number of aromatic nitrogens is 4. The molecule has 0 saturated heterocycles. The predicted molar refractivity (Wildman–Crippen MR) is 96.9 cm³/mol. The first-order chi connectivity index (χ1) is 12.7. The Kier molecular flexibility index (Phi) is 3.96. The molecule has 0 aliphatic carbocycles. The summed E-state index contributed by atoms with van der Waals surface area (Å²) in [7, 11) is 1.55. The maximum Gasteiger partial charge on any atom is 0.222 e. The zero-order chi connectivity index (χ0) is 18.1. The average Bonchev–Trinajstić information content (AvgIpc) is 3.12. The summed E-state index contributed by atoms with van der Waals surface area (Å²) in [4.78, 5) is 15.4. The molecule has 4 aromatic heterocycles. The van der Waals surface area contributed by atoms with Crippen LogP contribution in [0.2, 0.25) is 0 Å². The number of nitrogens with one attached hydrogen (secondary N) is 2. The molecule has 4 heterocycles. The van der Waals surface area contributed by atoms with Crippen LogP contribution in [0.4, 0.5) is 15.9 Å². The number of anilines is 2. The van der Waals surface area contributed by atoms with Crippen LogP contribution in [-0.2, 0) is 0 Å². The molecule has 129 valence electrons. The van der Waals surface area contributed by atoms with Crippen molar-refractivity contribution in [3.8, 4) is 17.0 Å². The van der Waals surface area contributed by atoms with Gasteiger partial charge in [-0.1, -0.05) is 0 Å². The van der Waals surface area contributed by atoms with Crippen molar-refractivity contribution in [1.82, 2.24) is 19.9 Å². The fourth-order valence-corrected chi connectivity index (χ4v) is 2.79. The molecule has 6 nitrogen and oxygen atoms in total. The highest BCUT2D eigenvalue weighted by molar-refractivity contribution is 5.94. The summed E-state index contributed by atoms with van der Waals surface area (Å²) >= 11 is 0. The van der Waals surface area contributed by atoms with E-state index in [1.54, 1.807) is 50.0 Å². The van der Waals surface area contributed by atoms with E-state index in [4.69, 9.17) is 4.74 Å². The Morgan fingerprint density at radius 3 is 2.77 bits per heavy atom. The van der Waals surface area contributed by atoms with Gasteiger partial charge in [-0.05, 0) is 30.7 Å². The minimum Gasteiger partial charge on any atom is -0.481 e. The molecule has 2 N–H and O–H groups in total. The van der Waals surface area contributed by atoms with E-state index in [0.717, 1.165) is 16.5 Å². The molecular formula is C19H15FN5O. The van der Waals surface area contributed by atoms with Gasteiger partial charge in [0.05, 0.1) is 19.0 Å². The number of nitrogens with zero attached hydrogens (tertiary/aromatic N) is 3. The van der Waals surface area contributed by atoms with Crippen molar-refractivity contribution in [2.45, 2.75) is 6.92 Å². The lowest BCUT2D eigenvalue weighted by atomic mass is 10.0. The van der Waals surface area contributed by atoms with Crippen molar-refractivity contribution in [3.63, 3.8) is 0 Å². The normalized spacial score (nSPS) is 10.9. The van der Waals surface area contributed by atoms with Gasteiger partial charge in [-0.25, -0.2) is 15.0 Å². The highest BCUT2D eigenvalue weighted by atomic mass is 19.1. The highest BCUT2D eigenvalue weighted by Gasteiger charge is 2.15. The molecule has 1 radical (unpaired) electrons. The van der Waals surface area contributed by atoms with Gasteiger partial charge in [-0.2, -0.15) is 4.39 Å². The number of fused-ring (bicyclic) bond motifs is 1. The van der Waals surface area contributed by atoms with Crippen LogP contribution in [0.1, 0.15) is 5.56 Å². The van der Waals surface area contributed by atoms with Crippen LogP contribution in [0.25, 0.3) is 22.2 Å². The lowest BCUT2D eigenvalue weighted by Gasteiger charge is -2.11. The third-order valence-electron chi connectivity index (χ3n) is 4.03. The van der Waals surface area contributed by atoms with Crippen LogP contribution in [-0.4, -0.2) is 27.0 Å². The second kappa shape index (κ2) is 6.44. The van der Waals surface area contributed by atoms with Crippen LogP contribution in [0.15, 0.2) is 42.9 Å². The minimum absolute atomic E-state index is 0.388. The van der Waals surface area contributed by atoms with Gasteiger partial charge in [0.15, 0.2) is 0 Å². The third kappa shape index (κ3) is 2.83. The molecule has 0 aromatic carbocycles. The van der Waals surface area contributed by atoms with E-state index in [9.17, 15) is 4.39 Å². The topological polar surface area (TPSA) is 75.7 Å². The molecule has 0 unspecified atom stereocenters. The maximum atomic E-state index is 14.7. The molecule has 4 rings (SSSR count). The number of ether oxygens (including phenoxy) is 1. The SMILES string of the molecule is COc1ccc(Nc2ccc(-c3c(C)cnc4[nH]c[c]c34)c(F)n2)cn1. The third-order valence-corrected chi connectivity index (χ3v) is 4.03. The first-order valence-electron chi connectivity index (χ1n) is 7.94. The smallest absolute Gasteiger partial charge is 0.222 e. The number of hydrogen-bond acceptors (Lipinski definition) is 5. The number of hydrogen-bond donors (Lipinski definition) is 2. The molecule has 0 fully saturated rings. The van der Waals surface area contributed by atoms with E-state index < -0.39 is 5.95 Å². The Hall–Kier alpha value is -3.48. The Morgan fingerprint density at radius 1 is 1.15 bits per heavy atom. The summed E-state index contributed by atoms with van der Waals surface area (Å²) in [6.45, 7) is 1.89. The Balaban J connectivity index is 1.69. The molecular weight excluding hydrogens is 333 g/mol. The molecule has 0 atom stereocenters. The van der Waals surface area contributed by atoms with Crippen molar-refractivity contribution >= 4 is 22.5 Å². The van der Waals surface area contributed by atoms with Crippen LogP contribution >= 0.6 is 0 Å². The fraction of sp³-hybridized carbons (Fsp3) is 0.105. The largest absolute Gasteiger partial charge is 0.481 e. The molecule has 0 saturated carbocycles. The van der Waals surface area contributed by atoms with Gasteiger partial charge in [-0.15, -0.1) is 0 Å². The van der Waals surface area contributed by atoms with Crippen molar-refractivity contribution in [2.24, 2.45) is 0 Å². The van der Waals surface area contributed by atoms with Gasteiger partial charge in [-0.3, -0.25) is 0 Å². The monoisotopic (exact) mass is 348 g/mol. The summed E-state index contributed by atoms with van der Waals surface area (Å²) in [5.41, 5.74) is 3.35. The molecule has 7 heteroatoms. The maximum absolute atomic E-state index is 14.7. The van der Waals surface area contributed by atoms with Crippen molar-refractivity contribution < 1.29 is 9.13 Å². The highest BCUT2D eigenvalue weighted by Crippen LogP contribution is 2.32. The zero-order valence-electron chi connectivity index (χ0n) is 14.2. The quantitative estimate of drug-likeness (QED) is 0.545. The van der Waals surface area contributed by atoms with Gasteiger partial charge in [0.25, 0.3) is 0 Å². The molecule has 0 aliphatic heterocycles. The molecule has 0 bridgehead atoms. The van der Waals surface area contributed by atoms with Crippen molar-refractivity contribution in [1.29, 1.82) is 0 Å². The summed E-state index contributed by atoms with van der Waals surface area (Å²) in [5.74, 6) is 0.325. The number of aromatic amines is 1. The van der Waals surface area contributed by atoms with Crippen LogP contribution in [0.3, 0.4) is 0 Å². The number of methoxy groups -OCH3 is 1. The van der Waals surface area contributed by atoms with Gasteiger partial charge < -0.3 is 15.0 Å². The van der Waals surface area contributed by atoms with Crippen molar-refractivity contribution in [3.05, 3.63) is 60.4 Å². The van der Waals surface area contributed by atoms with E-state index >= 15 is 0 Å². The van der Waals surface area contributed by atoms with E-state index in [1.165, 1.54) is 0 Å². The van der Waals surface area contributed by atoms with E-state index in [0.29, 0.717) is 28.6 Å². The Morgan fingerprint density at radius 2 is 2.04 bits per heavy atom. The van der Waals surface area contributed by atoms with Gasteiger partial charge >= 0.3 is 0 Å². The molecule has 0 amide bonds. The van der Waals surface area contributed by atoms with Crippen LogP contribution in [0, 0.1) is 18.9 Å². The van der Waals surface area contributed by atoms with Gasteiger partial charge in [0, 0.05) is 41.0 Å². The molecule has 0 spiro atoms. The number of halogens is 1. The van der Waals surface area contributed by atoms with Gasteiger partial charge in [0.1, 0.15) is 11.5 Å². The standard InChI is InChI=1S/C19H15FN5O/c1-11-9-23-19-14(7-8-21-19)17(11)13-4-5-15(25-18(13)20)24-12-3-6-16(26-2)22-10-12/h3-6,8-10H,1-2H3,(H,21,23)(H,24,25). The number of H-pyrrole nitrogens is 1. The lowest BCUT2D eigenvalue weighted by Crippen LogP contribution is -1.99. The first-order valence-corrected chi connectivity index (χ1v) is 7.94. The average molecular weight is 348 g/mol. The molecule has 26 heavy (non-hydrogen) atoms. The van der Waals surface area contributed by atoms with E-state index in [-0.39, 0.29) is 0 Å². The summed E-state index contributed by atoms with van der Waals surface area (Å²) in [6.07, 6.45) is 4.97. The minimum atomic E-state index is -0.568. The van der Waals surface area contributed by atoms with Crippen LogP contribution in [0.5, 0.6) is 5.88 Å². The zero-order valence-corrected chi connectivity index (χ0v) is 14.2.